The van der Waals surface area contributed by atoms with Crippen molar-refractivity contribution in [1.82, 2.24) is 25.6 Å². The molecule has 3 heterocycles. The first-order valence-corrected chi connectivity index (χ1v) is 15.1. The summed E-state index contributed by atoms with van der Waals surface area (Å²) in [6, 6.07) is 8.81. The van der Waals surface area contributed by atoms with E-state index in [9.17, 15) is 14.0 Å². The van der Waals surface area contributed by atoms with Crippen LogP contribution in [0, 0.1) is 17.7 Å². The molecular formula is C32H34ClFN6O3. The van der Waals surface area contributed by atoms with Crippen LogP contribution in [0.5, 0.6) is 11.6 Å². The van der Waals surface area contributed by atoms with Gasteiger partial charge in [-0.1, -0.05) is 52.6 Å². The quantitative estimate of drug-likeness (QED) is 0.332. The van der Waals surface area contributed by atoms with Crippen molar-refractivity contribution in [3.05, 3.63) is 87.9 Å². The van der Waals surface area contributed by atoms with Crippen LogP contribution >= 0.6 is 11.6 Å². The van der Waals surface area contributed by atoms with Gasteiger partial charge in [-0.3, -0.25) is 14.5 Å². The Morgan fingerprint density at radius 3 is 2.84 bits per heavy atom. The number of carbonyl (C=O) groups is 2. The minimum absolute atomic E-state index is 0.0154. The number of carbonyl (C=O) groups excluding carboxylic acids is 2. The lowest BCUT2D eigenvalue weighted by atomic mass is 9.87. The maximum Gasteiger partial charge on any atom is 0.282 e. The molecule has 224 valence electrons. The second-order valence-corrected chi connectivity index (χ2v) is 11.9. The van der Waals surface area contributed by atoms with Crippen molar-refractivity contribution in [2.75, 3.05) is 31.1 Å². The van der Waals surface area contributed by atoms with Gasteiger partial charge in [0.2, 0.25) is 0 Å². The van der Waals surface area contributed by atoms with Gasteiger partial charge in [-0.25, -0.2) is 9.49 Å². The van der Waals surface area contributed by atoms with Crippen LogP contribution in [-0.2, 0) is 6.54 Å². The Morgan fingerprint density at radius 2 is 2.05 bits per heavy atom. The molecule has 43 heavy (non-hydrogen) atoms. The Balaban J connectivity index is 1.09. The summed E-state index contributed by atoms with van der Waals surface area (Å²) in [6.45, 7) is 5.50. The molecule has 0 spiro atoms. The van der Waals surface area contributed by atoms with Crippen molar-refractivity contribution in [3.63, 3.8) is 0 Å². The Kier molecular flexibility index (Phi) is 8.58. The van der Waals surface area contributed by atoms with Gasteiger partial charge >= 0.3 is 0 Å². The summed E-state index contributed by atoms with van der Waals surface area (Å²) < 4.78 is 19.9. The number of H-pyrrole nitrogens is 1. The molecule has 0 bridgehead atoms. The molecule has 1 atom stereocenters. The first-order chi connectivity index (χ1) is 20.8. The van der Waals surface area contributed by atoms with Gasteiger partial charge in [0.25, 0.3) is 17.7 Å². The molecule has 1 unspecified atom stereocenters. The summed E-state index contributed by atoms with van der Waals surface area (Å²) >= 11 is 6.33. The zero-order valence-electron chi connectivity index (χ0n) is 24.0. The molecule has 1 aromatic heterocycles. The zero-order valence-corrected chi connectivity index (χ0v) is 24.7. The van der Waals surface area contributed by atoms with Crippen LogP contribution in [0.2, 0.25) is 5.02 Å². The third kappa shape index (κ3) is 6.65. The van der Waals surface area contributed by atoms with Crippen LogP contribution in [0.1, 0.15) is 59.0 Å². The first kappa shape index (κ1) is 29.1. The number of piperidine rings is 1. The lowest BCUT2D eigenvalue weighted by molar-refractivity contribution is 0.0941. The molecule has 2 aromatic carbocycles. The van der Waals surface area contributed by atoms with Gasteiger partial charge in [-0.05, 0) is 92.6 Å². The zero-order chi connectivity index (χ0) is 29.9. The smallest absolute Gasteiger partial charge is 0.282 e. The third-order valence-corrected chi connectivity index (χ3v) is 8.73. The first-order valence-electron chi connectivity index (χ1n) is 14.7. The van der Waals surface area contributed by atoms with E-state index in [1.165, 1.54) is 28.7 Å². The molecule has 9 nitrogen and oxygen atoms in total. The van der Waals surface area contributed by atoms with Crippen molar-refractivity contribution in [2.24, 2.45) is 11.8 Å². The van der Waals surface area contributed by atoms with Gasteiger partial charge in [0.15, 0.2) is 11.4 Å². The van der Waals surface area contributed by atoms with Gasteiger partial charge in [0.1, 0.15) is 5.82 Å². The van der Waals surface area contributed by atoms with E-state index in [-0.39, 0.29) is 24.0 Å². The van der Waals surface area contributed by atoms with E-state index in [2.05, 4.69) is 50.8 Å². The molecular weight excluding hydrogens is 571 g/mol. The number of aromatic amines is 1. The molecule has 3 aromatic rings. The van der Waals surface area contributed by atoms with E-state index in [4.69, 9.17) is 16.3 Å². The fourth-order valence-electron chi connectivity index (χ4n) is 5.83. The number of aromatic nitrogens is 3. The van der Waals surface area contributed by atoms with Crippen molar-refractivity contribution in [2.45, 2.75) is 39.2 Å². The number of anilines is 1. The number of amides is 2. The van der Waals surface area contributed by atoms with E-state index in [1.807, 2.05) is 0 Å². The number of allylic oxidation sites excluding steroid dienone is 4. The number of rotatable bonds is 8. The highest BCUT2D eigenvalue weighted by Gasteiger charge is 2.32. The molecule has 1 aliphatic carbocycles. The topological polar surface area (TPSA) is 103 Å². The number of hydrogen-bond acceptors (Lipinski definition) is 6. The Labute approximate surface area is 254 Å². The third-order valence-electron chi connectivity index (χ3n) is 8.37. The van der Waals surface area contributed by atoms with E-state index in [1.54, 1.807) is 18.2 Å². The number of halogens is 2. The molecule has 11 heteroatoms. The summed E-state index contributed by atoms with van der Waals surface area (Å²) in [5.74, 6) is 0.434. The molecule has 1 fully saturated rings. The van der Waals surface area contributed by atoms with Crippen LogP contribution in [0.3, 0.4) is 0 Å². The van der Waals surface area contributed by atoms with E-state index in [0.717, 1.165) is 45.3 Å². The number of nitrogens with zero attached hydrogens (tertiary/aromatic N) is 4. The second-order valence-electron chi connectivity index (χ2n) is 11.5. The Morgan fingerprint density at radius 1 is 1.21 bits per heavy atom. The van der Waals surface area contributed by atoms with Gasteiger partial charge in [-0.2, -0.15) is 0 Å². The molecule has 2 amide bonds. The average Bonchev–Trinajstić information content (AvgIpc) is 3.44. The molecule has 2 N–H and O–H groups in total. The predicted molar refractivity (Wildman–Crippen MR) is 162 cm³/mol. The molecule has 3 aliphatic rings. The van der Waals surface area contributed by atoms with Gasteiger partial charge in [0.05, 0.1) is 12.2 Å². The van der Waals surface area contributed by atoms with Crippen LogP contribution in [0.4, 0.5) is 10.1 Å². The summed E-state index contributed by atoms with van der Waals surface area (Å²) in [5.41, 5.74) is 2.61. The molecule has 1 saturated heterocycles. The summed E-state index contributed by atoms with van der Waals surface area (Å²) in [5, 5.41) is 13.4. The van der Waals surface area contributed by atoms with Crippen LogP contribution in [0.15, 0.2) is 60.2 Å². The summed E-state index contributed by atoms with van der Waals surface area (Å²) in [7, 11) is 0. The fourth-order valence-corrected chi connectivity index (χ4v) is 6.00. The standard InChI is InChI=1S/C32H34ClFN6O3/c1-20-2-4-21(5-3-20)16-22-10-13-39(14-11-22)15-12-35-30(41)23-6-9-28-27(18-23)40(19-24-17-25(34)7-8-26(24)33)32(42)29-31(43-28)37-38-36-29/h2,4-9,17-18,20,22H,3,10-16,19H2,1H3,(H,35,41)(H,36,37,38). The van der Waals surface area contributed by atoms with Crippen molar-refractivity contribution in [1.29, 1.82) is 0 Å². The fraction of sp³-hybridized carbons (Fsp3) is 0.375. The highest BCUT2D eigenvalue weighted by Crippen LogP contribution is 2.39. The maximum absolute atomic E-state index is 14.0. The van der Waals surface area contributed by atoms with Gasteiger partial charge in [-0.15, -0.1) is 0 Å². The van der Waals surface area contributed by atoms with Gasteiger partial charge in [0, 0.05) is 23.7 Å². The van der Waals surface area contributed by atoms with Crippen LogP contribution in [0.25, 0.3) is 0 Å². The van der Waals surface area contributed by atoms with E-state index >= 15 is 0 Å². The summed E-state index contributed by atoms with van der Waals surface area (Å²) in [6.07, 6.45) is 11.6. The lowest BCUT2D eigenvalue weighted by Crippen LogP contribution is -2.39. The summed E-state index contributed by atoms with van der Waals surface area (Å²) in [4.78, 5) is 30.5. The van der Waals surface area contributed by atoms with E-state index in [0.29, 0.717) is 46.0 Å². The van der Waals surface area contributed by atoms with Gasteiger partial charge < -0.3 is 15.0 Å². The number of fused-ring (bicyclic) bond motifs is 2. The van der Waals surface area contributed by atoms with Crippen LogP contribution < -0.4 is 15.0 Å². The normalized spacial score (nSPS) is 18.9. The predicted octanol–water partition coefficient (Wildman–Crippen LogP) is 5.90. The second kappa shape index (κ2) is 12.7. The molecule has 0 radical (unpaired) electrons. The minimum atomic E-state index is -0.495. The molecule has 6 rings (SSSR count). The highest BCUT2D eigenvalue weighted by molar-refractivity contribution is 6.31. The number of ether oxygens (including phenoxy) is 1. The number of nitrogens with one attached hydrogen (secondary N) is 2. The van der Waals surface area contributed by atoms with Crippen LogP contribution in [-0.4, -0.2) is 58.3 Å². The number of hydrogen-bond donors (Lipinski definition) is 2. The molecule has 0 saturated carbocycles. The van der Waals surface area contributed by atoms with Crippen molar-refractivity contribution in [3.8, 4) is 11.6 Å². The maximum atomic E-state index is 14.0. The average molecular weight is 605 g/mol. The minimum Gasteiger partial charge on any atom is -0.434 e. The highest BCUT2D eigenvalue weighted by atomic mass is 35.5. The largest absolute Gasteiger partial charge is 0.434 e. The Bertz CT molecular complexity index is 1580. The van der Waals surface area contributed by atoms with Crippen molar-refractivity contribution < 1.29 is 18.7 Å². The van der Waals surface area contributed by atoms with E-state index < -0.39 is 11.7 Å². The number of likely N-dealkylation sites (tertiary alicyclic amines) is 1. The lowest BCUT2D eigenvalue weighted by Gasteiger charge is -2.32. The Hall–Kier alpha value is -4.02. The number of benzene rings is 2. The van der Waals surface area contributed by atoms with Crippen molar-refractivity contribution >= 4 is 29.1 Å². The molecule has 2 aliphatic heterocycles. The monoisotopic (exact) mass is 604 g/mol. The SMILES string of the molecule is CC1C=CC(CC2CCN(CCNC(=O)c3ccc4c(c3)N(Cc3cc(F)ccc3Cl)C(=O)c3[nH]nnc3O4)CC2)=CC1.